The first kappa shape index (κ1) is 13.6. The third-order valence-corrected chi connectivity index (χ3v) is 2.38. The Bertz CT molecular complexity index is 416. The zero-order valence-electron chi connectivity index (χ0n) is 8.82. The van der Waals surface area contributed by atoms with Crippen LogP contribution in [0.1, 0.15) is 12.2 Å². The highest BCUT2D eigenvalue weighted by Gasteiger charge is 2.07. The van der Waals surface area contributed by atoms with Crippen LogP contribution in [0.4, 0.5) is 13.2 Å². The normalized spacial score (nSPS) is 10.8. The lowest BCUT2D eigenvalue weighted by Gasteiger charge is -1.94. The van der Waals surface area contributed by atoms with Gasteiger partial charge >= 0.3 is 6.08 Å². The van der Waals surface area contributed by atoms with Crippen molar-refractivity contribution < 1.29 is 22.4 Å². The van der Waals surface area contributed by atoms with Crippen LogP contribution in [-0.4, -0.2) is 24.1 Å². The average Bonchev–Trinajstić information content (AvgIpc) is 2.74. The second-order valence-electron chi connectivity index (χ2n) is 2.71. The number of allylic oxidation sites excluding steroid dienone is 1. The predicted molar refractivity (Wildman–Crippen MR) is 56.8 cm³/mol. The fraction of sp³-hybridized carbons (Fsp3) is 0.333. The van der Waals surface area contributed by atoms with Crippen LogP contribution in [0.5, 0.6) is 0 Å². The number of nitrogens with zero attached hydrogens (tertiary/aromatic N) is 2. The minimum atomic E-state index is -2.29. The number of thioether (sulfide) groups is 1. The van der Waals surface area contributed by atoms with Gasteiger partial charge in [-0.15, -0.1) is 0 Å². The van der Waals surface area contributed by atoms with Crippen LogP contribution >= 0.6 is 11.8 Å². The molecule has 0 spiro atoms. The molecule has 0 aliphatic rings. The van der Waals surface area contributed by atoms with Crippen LogP contribution in [0.3, 0.4) is 0 Å². The molecule has 1 heterocycles. The molecule has 0 aromatic carbocycles. The lowest BCUT2D eigenvalue weighted by molar-refractivity contribution is 0.215. The van der Waals surface area contributed by atoms with Gasteiger partial charge in [-0.05, 0) is 0 Å². The highest BCUT2D eigenvalue weighted by atomic mass is 32.2. The van der Waals surface area contributed by atoms with E-state index in [1.165, 1.54) is 19.5 Å². The molecule has 0 fully saturated rings. The van der Waals surface area contributed by atoms with Crippen molar-refractivity contribution in [2.24, 2.45) is 5.16 Å². The Labute approximate surface area is 99.5 Å². The Morgan fingerprint density at radius 3 is 3.00 bits per heavy atom. The van der Waals surface area contributed by atoms with Crippen LogP contribution in [0.2, 0.25) is 0 Å². The molecule has 1 aromatic heterocycles. The van der Waals surface area contributed by atoms with Crippen molar-refractivity contribution in [2.75, 3.05) is 12.9 Å². The Hall–Kier alpha value is -1.44. The van der Waals surface area contributed by atoms with Crippen LogP contribution in [0, 0.1) is 0 Å². The second kappa shape index (κ2) is 7.00. The largest absolute Gasteiger partial charge is 0.430 e. The summed E-state index contributed by atoms with van der Waals surface area (Å²) in [4.78, 5) is 8.26. The molecule has 0 saturated carbocycles. The molecule has 0 N–H and O–H groups in total. The molecule has 0 unspecified atom stereocenters. The number of oxime groups is 1. The monoisotopic (exact) mass is 266 g/mol. The molecule has 0 amide bonds. The Balaban J connectivity index is 2.40. The molecule has 0 saturated heterocycles. The van der Waals surface area contributed by atoms with Gasteiger partial charge in [0.25, 0.3) is 5.22 Å². The van der Waals surface area contributed by atoms with E-state index >= 15 is 0 Å². The summed E-state index contributed by atoms with van der Waals surface area (Å²) in [5.41, 5.74) is 0. The van der Waals surface area contributed by atoms with Gasteiger partial charge in [-0.2, -0.15) is 8.78 Å². The van der Waals surface area contributed by atoms with E-state index in [0.29, 0.717) is 5.76 Å². The third kappa shape index (κ3) is 4.94. The molecule has 0 atom stereocenters. The van der Waals surface area contributed by atoms with Gasteiger partial charge in [-0.25, -0.2) is 9.37 Å². The maximum absolute atomic E-state index is 12.4. The van der Waals surface area contributed by atoms with Crippen molar-refractivity contribution in [3.05, 3.63) is 23.9 Å². The summed E-state index contributed by atoms with van der Waals surface area (Å²) >= 11 is 1.03. The van der Waals surface area contributed by atoms with Gasteiger partial charge < -0.3 is 9.25 Å². The van der Waals surface area contributed by atoms with E-state index in [9.17, 15) is 13.2 Å². The molecule has 1 rings (SSSR count). The van der Waals surface area contributed by atoms with E-state index in [1.54, 1.807) is 0 Å². The smallest absolute Gasteiger partial charge is 0.301 e. The molecule has 0 bridgehead atoms. The fourth-order valence-corrected chi connectivity index (χ4v) is 1.56. The molecule has 17 heavy (non-hydrogen) atoms. The lowest BCUT2D eigenvalue weighted by atomic mass is 10.4. The first-order valence-corrected chi connectivity index (χ1v) is 5.47. The maximum atomic E-state index is 12.4. The van der Waals surface area contributed by atoms with E-state index in [-0.39, 0.29) is 17.4 Å². The van der Waals surface area contributed by atoms with Crippen molar-refractivity contribution in [1.82, 2.24) is 4.98 Å². The van der Waals surface area contributed by atoms with Crippen molar-refractivity contribution in [3.8, 4) is 0 Å². The summed E-state index contributed by atoms with van der Waals surface area (Å²) in [6.45, 7) is 0. The first-order valence-electron chi connectivity index (χ1n) is 4.48. The predicted octanol–water partition coefficient (Wildman–Crippen LogP) is 3.21. The Kier molecular flexibility index (Phi) is 5.61. The maximum Gasteiger partial charge on any atom is 0.301 e. The molecule has 0 radical (unpaired) electrons. The van der Waals surface area contributed by atoms with Gasteiger partial charge in [0.1, 0.15) is 13.3 Å². The van der Waals surface area contributed by atoms with E-state index in [2.05, 4.69) is 15.0 Å². The zero-order valence-corrected chi connectivity index (χ0v) is 9.64. The quantitative estimate of drug-likeness (QED) is 0.450. The molecular formula is C9H9F3N2O2S. The molecule has 0 aliphatic carbocycles. The van der Waals surface area contributed by atoms with E-state index < -0.39 is 11.9 Å². The zero-order chi connectivity index (χ0) is 12.7. The number of halogens is 3. The summed E-state index contributed by atoms with van der Waals surface area (Å²) in [6.07, 6.45) is 0.0496. The van der Waals surface area contributed by atoms with Crippen LogP contribution in [-0.2, 0) is 4.84 Å². The molecule has 0 aliphatic heterocycles. The molecule has 94 valence electrons. The Morgan fingerprint density at radius 1 is 1.59 bits per heavy atom. The molecule has 8 heteroatoms. The summed E-state index contributed by atoms with van der Waals surface area (Å²) < 4.78 is 41.0. The van der Waals surface area contributed by atoms with E-state index in [1.807, 2.05) is 0 Å². The molecular weight excluding hydrogens is 257 g/mol. The summed E-state index contributed by atoms with van der Waals surface area (Å²) in [5, 5.41) is 3.71. The minimum absolute atomic E-state index is 0.116. The van der Waals surface area contributed by atoms with E-state index in [4.69, 9.17) is 4.42 Å². The van der Waals surface area contributed by atoms with Crippen molar-refractivity contribution in [2.45, 2.75) is 11.6 Å². The summed E-state index contributed by atoms with van der Waals surface area (Å²) in [7, 11) is 1.38. The average molecular weight is 266 g/mol. The van der Waals surface area contributed by atoms with E-state index in [0.717, 1.165) is 11.8 Å². The topological polar surface area (TPSA) is 47.6 Å². The van der Waals surface area contributed by atoms with Gasteiger partial charge in [0, 0.05) is 12.2 Å². The third-order valence-electron chi connectivity index (χ3n) is 1.54. The van der Waals surface area contributed by atoms with Crippen molar-refractivity contribution in [1.29, 1.82) is 0 Å². The van der Waals surface area contributed by atoms with Crippen LogP contribution in [0.15, 0.2) is 32.9 Å². The highest BCUT2D eigenvalue weighted by Crippen LogP contribution is 2.22. The Morgan fingerprint density at radius 2 is 2.35 bits per heavy atom. The van der Waals surface area contributed by atoms with Crippen molar-refractivity contribution >= 4 is 18.0 Å². The SMILES string of the molecule is CO/N=C/c1cnc(SCCC(F)=C(F)F)o1. The minimum Gasteiger partial charge on any atom is -0.430 e. The fourth-order valence-electron chi connectivity index (χ4n) is 0.823. The lowest BCUT2D eigenvalue weighted by Crippen LogP contribution is -1.82. The van der Waals surface area contributed by atoms with Gasteiger partial charge in [0.15, 0.2) is 11.6 Å². The van der Waals surface area contributed by atoms with Gasteiger partial charge in [0.2, 0.25) is 0 Å². The number of oxazole rings is 1. The number of hydrogen-bond acceptors (Lipinski definition) is 5. The van der Waals surface area contributed by atoms with Gasteiger partial charge in [0.05, 0.1) is 6.20 Å². The molecule has 1 aromatic rings. The van der Waals surface area contributed by atoms with Gasteiger partial charge in [-0.1, -0.05) is 16.9 Å². The number of aromatic nitrogens is 1. The van der Waals surface area contributed by atoms with Crippen LogP contribution < -0.4 is 0 Å². The summed E-state index contributed by atoms with van der Waals surface area (Å²) in [6, 6.07) is 0. The van der Waals surface area contributed by atoms with Crippen molar-refractivity contribution in [3.63, 3.8) is 0 Å². The first-order chi connectivity index (χ1) is 8.13. The summed E-state index contributed by atoms with van der Waals surface area (Å²) in [5.74, 6) is -0.933. The number of rotatable bonds is 6. The number of hydrogen-bond donors (Lipinski definition) is 0. The van der Waals surface area contributed by atoms with Gasteiger partial charge in [-0.3, -0.25) is 0 Å². The highest BCUT2D eigenvalue weighted by molar-refractivity contribution is 7.99. The standard InChI is InChI=1S/C9H9F3N2O2S/c1-15-14-5-6-4-13-9(16-6)17-3-2-7(10)8(11)12/h4-5H,2-3H2,1H3/b14-5+. The van der Waals surface area contributed by atoms with Crippen LogP contribution in [0.25, 0.3) is 0 Å². The second-order valence-corrected chi connectivity index (χ2v) is 3.76. The molecule has 4 nitrogen and oxygen atoms in total.